The highest BCUT2D eigenvalue weighted by Crippen LogP contribution is 2.19. The number of carbonyl (C=O) groups excluding carboxylic acids is 2. The molecule has 0 saturated heterocycles. The van der Waals surface area contributed by atoms with E-state index in [1.807, 2.05) is 0 Å². The van der Waals surface area contributed by atoms with Crippen LogP contribution in [0, 0.1) is 0 Å². The molecule has 2 rings (SSSR count). The van der Waals surface area contributed by atoms with Gasteiger partial charge in [-0.15, -0.1) is 0 Å². The molecule has 2 amide bonds. The Morgan fingerprint density at radius 3 is 2.00 bits per heavy atom. The lowest BCUT2D eigenvalue weighted by atomic mass is 10.1. The maximum Gasteiger partial charge on any atom is 0.281 e. The van der Waals surface area contributed by atoms with Gasteiger partial charge in [0.1, 0.15) is 0 Å². The summed E-state index contributed by atoms with van der Waals surface area (Å²) in [7, 11) is 0. The molecular formula is C14H19N3O2. The average molecular weight is 261 g/mol. The lowest BCUT2D eigenvalue weighted by molar-refractivity contribution is 0.0648. The normalized spacial score (nSPS) is 14.1. The quantitative estimate of drug-likeness (QED) is 0.558. The van der Waals surface area contributed by atoms with Crippen molar-refractivity contribution in [1.82, 2.24) is 14.9 Å². The van der Waals surface area contributed by atoms with Gasteiger partial charge in [-0.05, 0) is 6.42 Å². The first-order valence-corrected chi connectivity index (χ1v) is 6.93. The number of nitrogens with zero attached hydrogens (tertiary/aromatic N) is 3. The largest absolute Gasteiger partial charge is 0.281 e. The summed E-state index contributed by atoms with van der Waals surface area (Å²) >= 11 is 0. The summed E-state index contributed by atoms with van der Waals surface area (Å²) in [5.74, 6) is -0.608. The second-order valence-corrected chi connectivity index (χ2v) is 4.78. The zero-order valence-corrected chi connectivity index (χ0v) is 11.3. The zero-order chi connectivity index (χ0) is 13.7. The van der Waals surface area contributed by atoms with Crippen molar-refractivity contribution in [1.29, 1.82) is 0 Å². The summed E-state index contributed by atoms with van der Waals surface area (Å²) in [6.07, 6.45) is 9.64. The van der Waals surface area contributed by atoms with Gasteiger partial charge in [0.05, 0.1) is 0 Å². The first-order chi connectivity index (χ1) is 9.25. The van der Waals surface area contributed by atoms with Crippen LogP contribution in [0.1, 0.15) is 66.4 Å². The van der Waals surface area contributed by atoms with E-state index in [-0.39, 0.29) is 23.2 Å². The first kappa shape index (κ1) is 13.6. The highest BCUT2D eigenvalue weighted by atomic mass is 16.2. The van der Waals surface area contributed by atoms with Crippen LogP contribution < -0.4 is 0 Å². The lowest BCUT2D eigenvalue weighted by Crippen LogP contribution is -2.30. The molecule has 2 heterocycles. The van der Waals surface area contributed by atoms with Gasteiger partial charge in [0.2, 0.25) is 0 Å². The summed E-state index contributed by atoms with van der Waals surface area (Å²) in [6, 6.07) is 0. The SMILES string of the molecule is CCCCCCCCN1C(=O)c2nccnc2C1=O. The number of unbranched alkanes of at least 4 members (excludes halogenated alkanes) is 5. The van der Waals surface area contributed by atoms with Crippen LogP contribution in [0.25, 0.3) is 0 Å². The van der Waals surface area contributed by atoms with Crippen LogP contribution in [-0.2, 0) is 0 Å². The van der Waals surface area contributed by atoms with Crippen molar-refractivity contribution in [3.63, 3.8) is 0 Å². The van der Waals surface area contributed by atoms with Crippen molar-refractivity contribution >= 4 is 11.8 Å². The van der Waals surface area contributed by atoms with Gasteiger partial charge in [-0.3, -0.25) is 14.5 Å². The van der Waals surface area contributed by atoms with Crippen molar-refractivity contribution in [3.05, 3.63) is 23.8 Å². The molecule has 0 aliphatic carbocycles. The van der Waals surface area contributed by atoms with Crippen molar-refractivity contribution in [2.75, 3.05) is 6.54 Å². The summed E-state index contributed by atoms with van der Waals surface area (Å²) in [4.78, 5) is 33.1. The predicted octanol–water partition coefficient (Wildman–Crippen LogP) is 2.43. The van der Waals surface area contributed by atoms with Gasteiger partial charge in [-0.25, -0.2) is 9.97 Å². The number of amides is 2. The molecule has 0 radical (unpaired) electrons. The molecule has 5 heteroatoms. The van der Waals surface area contributed by atoms with Crippen LogP contribution in [0.4, 0.5) is 0 Å². The number of rotatable bonds is 7. The minimum absolute atomic E-state index is 0.193. The van der Waals surface area contributed by atoms with E-state index in [1.54, 1.807) is 0 Å². The minimum atomic E-state index is -0.304. The Hall–Kier alpha value is -1.78. The first-order valence-electron chi connectivity index (χ1n) is 6.93. The molecular weight excluding hydrogens is 242 g/mol. The summed E-state index contributed by atoms with van der Waals surface area (Å²) in [5, 5.41) is 0. The van der Waals surface area contributed by atoms with E-state index in [2.05, 4.69) is 16.9 Å². The van der Waals surface area contributed by atoms with Crippen molar-refractivity contribution in [2.24, 2.45) is 0 Å². The molecule has 1 aliphatic rings. The number of imide groups is 1. The highest BCUT2D eigenvalue weighted by Gasteiger charge is 2.37. The van der Waals surface area contributed by atoms with Crippen LogP contribution in [-0.4, -0.2) is 33.2 Å². The van der Waals surface area contributed by atoms with Gasteiger partial charge in [0.15, 0.2) is 11.4 Å². The maximum absolute atomic E-state index is 12.0. The second kappa shape index (κ2) is 6.41. The Morgan fingerprint density at radius 1 is 0.895 bits per heavy atom. The highest BCUT2D eigenvalue weighted by molar-refractivity contribution is 6.19. The summed E-state index contributed by atoms with van der Waals surface area (Å²) < 4.78 is 0. The molecule has 19 heavy (non-hydrogen) atoms. The predicted molar refractivity (Wildman–Crippen MR) is 70.8 cm³/mol. The number of hydrogen-bond donors (Lipinski definition) is 0. The fourth-order valence-corrected chi connectivity index (χ4v) is 2.25. The number of aromatic nitrogens is 2. The van der Waals surface area contributed by atoms with Crippen LogP contribution in [0.15, 0.2) is 12.4 Å². The third-order valence-electron chi connectivity index (χ3n) is 3.33. The van der Waals surface area contributed by atoms with Gasteiger partial charge >= 0.3 is 0 Å². The summed E-state index contributed by atoms with van der Waals surface area (Å²) in [6.45, 7) is 2.65. The van der Waals surface area contributed by atoms with Crippen LogP contribution in [0.3, 0.4) is 0 Å². The molecule has 0 bridgehead atoms. The zero-order valence-electron chi connectivity index (χ0n) is 11.3. The molecule has 1 aromatic heterocycles. The fourth-order valence-electron chi connectivity index (χ4n) is 2.25. The molecule has 0 aromatic carbocycles. The van der Waals surface area contributed by atoms with E-state index in [4.69, 9.17) is 0 Å². The van der Waals surface area contributed by atoms with Gasteiger partial charge in [0.25, 0.3) is 11.8 Å². The molecule has 102 valence electrons. The Morgan fingerprint density at radius 2 is 1.42 bits per heavy atom. The van der Waals surface area contributed by atoms with Gasteiger partial charge in [0, 0.05) is 18.9 Å². The second-order valence-electron chi connectivity index (χ2n) is 4.78. The lowest BCUT2D eigenvalue weighted by Gasteiger charge is -2.12. The van der Waals surface area contributed by atoms with E-state index < -0.39 is 0 Å². The number of carbonyl (C=O) groups is 2. The van der Waals surface area contributed by atoms with Gasteiger partial charge in [-0.1, -0.05) is 39.0 Å². The van der Waals surface area contributed by atoms with E-state index >= 15 is 0 Å². The standard InChI is InChI=1S/C14H19N3O2/c1-2-3-4-5-6-7-10-17-13(18)11-12(14(17)19)16-9-8-15-11/h8-9H,2-7,10H2,1H3. The van der Waals surface area contributed by atoms with E-state index in [1.165, 1.54) is 36.6 Å². The smallest absolute Gasteiger partial charge is 0.272 e. The van der Waals surface area contributed by atoms with E-state index in [0.717, 1.165) is 19.3 Å². The Bertz CT molecular complexity index is 439. The molecule has 0 saturated carbocycles. The fraction of sp³-hybridized carbons (Fsp3) is 0.571. The summed E-state index contributed by atoms with van der Waals surface area (Å²) in [5.41, 5.74) is 0.386. The van der Waals surface area contributed by atoms with Crippen molar-refractivity contribution in [3.8, 4) is 0 Å². The molecule has 0 N–H and O–H groups in total. The van der Waals surface area contributed by atoms with Crippen LogP contribution in [0.5, 0.6) is 0 Å². The van der Waals surface area contributed by atoms with Crippen LogP contribution >= 0.6 is 0 Å². The van der Waals surface area contributed by atoms with Crippen LogP contribution in [0.2, 0.25) is 0 Å². The Balaban J connectivity index is 1.83. The average Bonchev–Trinajstić information content (AvgIpc) is 2.68. The van der Waals surface area contributed by atoms with Crippen molar-refractivity contribution < 1.29 is 9.59 Å². The number of fused-ring (bicyclic) bond motifs is 1. The Kier molecular flexibility index (Phi) is 4.60. The third kappa shape index (κ3) is 2.97. The van der Waals surface area contributed by atoms with Gasteiger partial charge < -0.3 is 0 Å². The molecule has 5 nitrogen and oxygen atoms in total. The van der Waals surface area contributed by atoms with E-state index in [9.17, 15) is 9.59 Å². The number of hydrogen-bond acceptors (Lipinski definition) is 4. The van der Waals surface area contributed by atoms with Gasteiger partial charge in [-0.2, -0.15) is 0 Å². The third-order valence-corrected chi connectivity index (χ3v) is 3.33. The monoisotopic (exact) mass is 261 g/mol. The van der Waals surface area contributed by atoms with Crippen molar-refractivity contribution in [2.45, 2.75) is 45.4 Å². The van der Waals surface area contributed by atoms with E-state index in [0.29, 0.717) is 6.54 Å². The molecule has 0 atom stereocenters. The minimum Gasteiger partial charge on any atom is -0.272 e. The Labute approximate surface area is 113 Å². The molecule has 0 unspecified atom stereocenters. The molecule has 1 aliphatic heterocycles. The molecule has 0 fully saturated rings. The molecule has 1 aromatic rings. The maximum atomic E-state index is 12.0. The topological polar surface area (TPSA) is 63.2 Å². The molecule has 0 spiro atoms.